The minimum atomic E-state index is -0.995. The Bertz CT molecular complexity index is 825. The third-order valence-electron chi connectivity index (χ3n) is 4.57. The normalized spacial score (nSPS) is 10.3. The molecule has 0 radical (unpaired) electrons. The van der Waals surface area contributed by atoms with E-state index in [0.717, 1.165) is 18.8 Å². The molecule has 3 aromatic rings. The first kappa shape index (κ1) is 24.5. The van der Waals surface area contributed by atoms with Crippen molar-refractivity contribution >= 4 is 16.9 Å². The molecule has 0 aliphatic rings. The van der Waals surface area contributed by atoms with E-state index >= 15 is 0 Å². The maximum atomic E-state index is 9.26. The predicted octanol–water partition coefficient (Wildman–Crippen LogP) is 5.89. The van der Waals surface area contributed by atoms with Crippen molar-refractivity contribution in [3.63, 3.8) is 0 Å². The summed E-state index contributed by atoms with van der Waals surface area (Å²) in [5, 5.41) is 9.26. The minimum absolute atomic E-state index is 0.0885. The van der Waals surface area contributed by atoms with Gasteiger partial charge in [0.1, 0.15) is 5.75 Å². The molecule has 0 N–H and O–H groups in total. The number of hydrogen-bond donors (Lipinski definition) is 0. The molecule has 3 aromatic carbocycles. The molecule has 0 spiro atoms. The summed E-state index contributed by atoms with van der Waals surface area (Å²) in [6.45, 7) is 4.58. The topological polar surface area (TPSA) is 49.4 Å². The Kier molecular flexibility index (Phi) is 11.3. The average molecular weight is 437 g/mol. The van der Waals surface area contributed by atoms with Gasteiger partial charge in [-0.15, -0.1) is 0 Å². The fourth-order valence-electron chi connectivity index (χ4n) is 2.91. The molecular formula is C27H32O3S. The lowest BCUT2D eigenvalue weighted by atomic mass is 10.2. The largest absolute Gasteiger partial charge is 0.550 e. The highest BCUT2D eigenvalue weighted by Gasteiger charge is 2.28. The Labute approximate surface area is 189 Å². The van der Waals surface area contributed by atoms with Gasteiger partial charge in [-0.3, -0.25) is 0 Å². The lowest BCUT2D eigenvalue weighted by molar-refractivity contribution is -0.305. The smallest absolute Gasteiger partial charge is 0.166 e. The van der Waals surface area contributed by atoms with Crippen molar-refractivity contribution in [2.75, 3.05) is 6.61 Å². The molecule has 0 unspecified atom stereocenters. The van der Waals surface area contributed by atoms with E-state index in [4.69, 9.17) is 4.74 Å². The van der Waals surface area contributed by atoms with Crippen molar-refractivity contribution in [1.82, 2.24) is 0 Å². The summed E-state index contributed by atoms with van der Waals surface area (Å²) < 4.78 is 5.90. The molecule has 0 fully saturated rings. The van der Waals surface area contributed by atoms with Crippen LogP contribution in [0, 0.1) is 0 Å². The third-order valence-corrected chi connectivity index (χ3v) is 6.80. The highest BCUT2D eigenvalue weighted by molar-refractivity contribution is 7.97. The van der Waals surface area contributed by atoms with Crippen LogP contribution in [0.2, 0.25) is 0 Å². The Hall–Kier alpha value is -2.72. The Morgan fingerprint density at radius 3 is 1.68 bits per heavy atom. The number of benzene rings is 3. The van der Waals surface area contributed by atoms with Crippen LogP contribution >= 0.6 is 0 Å². The van der Waals surface area contributed by atoms with E-state index in [1.165, 1.54) is 40.9 Å². The number of carboxylic acids is 1. The number of ether oxygens (including phenoxy) is 1. The number of carbonyl (C=O) groups excluding carboxylic acids is 1. The van der Waals surface area contributed by atoms with Gasteiger partial charge in [0, 0.05) is 5.97 Å². The van der Waals surface area contributed by atoms with Crippen molar-refractivity contribution in [2.45, 2.75) is 60.6 Å². The first-order valence-corrected chi connectivity index (χ1v) is 12.1. The van der Waals surface area contributed by atoms with Crippen LogP contribution in [0.15, 0.2) is 99.6 Å². The van der Waals surface area contributed by atoms with Gasteiger partial charge in [0.25, 0.3) is 0 Å². The van der Waals surface area contributed by atoms with Crippen LogP contribution in [0.1, 0.15) is 46.0 Å². The van der Waals surface area contributed by atoms with Crippen molar-refractivity contribution in [3.05, 3.63) is 84.9 Å². The molecule has 0 atom stereocenters. The highest BCUT2D eigenvalue weighted by Crippen LogP contribution is 2.31. The molecule has 0 aliphatic heterocycles. The Balaban J connectivity index is 0.000000614. The van der Waals surface area contributed by atoms with E-state index in [0.29, 0.717) is 0 Å². The van der Waals surface area contributed by atoms with E-state index in [2.05, 4.69) is 91.9 Å². The second-order valence-electron chi connectivity index (χ2n) is 7.04. The lowest BCUT2D eigenvalue weighted by Crippen LogP contribution is -2.19. The molecule has 3 rings (SSSR count). The number of rotatable bonds is 10. The van der Waals surface area contributed by atoms with Gasteiger partial charge in [-0.05, 0) is 61.4 Å². The van der Waals surface area contributed by atoms with Gasteiger partial charge in [-0.25, -0.2) is 0 Å². The molecule has 0 bridgehead atoms. The zero-order valence-corrected chi connectivity index (χ0v) is 19.3. The van der Waals surface area contributed by atoms with Crippen molar-refractivity contribution < 1.29 is 14.6 Å². The molecule has 31 heavy (non-hydrogen) atoms. The lowest BCUT2D eigenvalue weighted by Gasteiger charge is -2.09. The summed E-state index contributed by atoms with van der Waals surface area (Å²) in [4.78, 5) is 13.3. The second-order valence-corrected chi connectivity index (χ2v) is 9.06. The van der Waals surface area contributed by atoms with Gasteiger partial charge in [0.15, 0.2) is 14.7 Å². The summed E-state index contributed by atoms with van der Waals surface area (Å²) in [7, 11) is -0.0885. The highest BCUT2D eigenvalue weighted by atomic mass is 32.2. The molecule has 0 amide bonds. The predicted molar refractivity (Wildman–Crippen MR) is 126 cm³/mol. The fourth-order valence-corrected chi connectivity index (χ4v) is 5.00. The number of aliphatic carboxylic acids is 1. The summed E-state index contributed by atoms with van der Waals surface area (Å²) in [6, 6.07) is 30.1. The van der Waals surface area contributed by atoms with Crippen LogP contribution in [0.25, 0.3) is 0 Å². The molecule has 164 valence electrons. The van der Waals surface area contributed by atoms with Gasteiger partial charge < -0.3 is 14.6 Å². The van der Waals surface area contributed by atoms with Crippen molar-refractivity contribution in [1.29, 1.82) is 0 Å². The maximum absolute atomic E-state index is 9.26. The quantitative estimate of drug-likeness (QED) is 0.294. The van der Waals surface area contributed by atoms with E-state index in [9.17, 15) is 9.90 Å². The Morgan fingerprint density at radius 1 is 0.742 bits per heavy atom. The first-order valence-electron chi connectivity index (χ1n) is 10.9. The molecule has 0 heterocycles. The summed E-state index contributed by atoms with van der Waals surface area (Å²) in [5.74, 6) is -0.0279. The zero-order chi connectivity index (χ0) is 22.3. The van der Waals surface area contributed by atoms with E-state index in [-0.39, 0.29) is 17.3 Å². The first-order chi connectivity index (χ1) is 15.2. The average Bonchev–Trinajstić information content (AvgIpc) is 2.82. The van der Waals surface area contributed by atoms with Crippen LogP contribution in [-0.4, -0.2) is 12.6 Å². The SMILES string of the molecule is CCC(=O)[O-].CCCCCCOc1ccc([S+](c2ccccc2)c2ccccc2)cc1. The maximum Gasteiger partial charge on any atom is 0.166 e. The van der Waals surface area contributed by atoms with Crippen molar-refractivity contribution in [3.8, 4) is 5.75 Å². The monoisotopic (exact) mass is 436 g/mol. The van der Waals surface area contributed by atoms with Crippen LogP contribution in [0.5, 0.6) is 5.75 Å². The molecule has 0 aromatic heterocycles. The van der Waals surface area contributed by atoms with Gasteiger partial charge in [-0.2, -0.15) is 0 Å². The molecule has 3 nitrogen and oxygen atoms in total. The summed E-state index contributed by atoms with van der Waals surface area (Å²) in [6.07, 6.45) is 5.04. The van der Waals surface area contributed by atoms with Crippen LogP contribution < -0.4 is 9.84 Å². The van der Waals surface area contributed by atoms with Crippen molar-refractivity contribution in [2.24, 2.45) is 0 Å². The fraction of sp³-hybridized carbons (Fsp3) is 0.296. The third kappa shape index (κ3) is 8.89. The molecular weight excluding hydrogens is 404 g/mol. The Morgan fingerprint density at radius 2 is 1.23 bits per heavy atom. The molecule has 0 saturated heterocycles. The molecule has 4 heteroatoms. The zero-order valence-electron chi connectivity index (χ0n) is 18.5. The van der Waals surface area contributed by atoms with Crippen LogP contribution in [0.4, 0.5) is 0 Å². The van der Waals surface area contributed by atoms with E-state index in [1.54, 1.807) is 0 Å². The van der Waals surface area contributed by atoms with Gasteiger partial charge in [0.2, 0.25) is 0 Å². The number of carboxylic acid groups (broad SMARTS) is 1. The molecule has 0 aliphatic carbocycles. The van der Waals surface area contributed by atoms with Gasteiger partial charge >= 0.3 is 0 Å². The van der Waals surface area contributed by atoms with Crippen LogP contribution in [-0.2, 0) is 15.7 Å². The van der Waals surface area contributed by atoms with E-state index < -0.39 is 5.97 Å². The summed E-state index contributed by atoms with van der Waals surface area (Å²) >= 11 is 0. The number of hydrogen-bond acceptors (Lipinski definition) is 3. The standard InChI is InChI=1S/C24H27OS.C3H6O2/c1-2-3-4-11-20-25-21-16-18-24(19-17-21)26(22-12-7-5-8-13-22)23-14-9-6-10-15-23;1-2-3(4)5/h5-10,12-19H,2-4,11,20H2,1H3;2H2,1H3,(H,4,5)/q+1;/p-1. The second kappa shape index (κ2) is 14.3. The number of unbranched alkanes of at least 4 members (excludes halogenated alkanes) is 3. The van der Waals surface area contributed by atoms with Crippen LogP contribution in [0.3, 0.4) is 0 Å². The molecule has 0 saturated carbocycles. The minimum Gasteiger partial charge on any atom is -0.550 e. The van der Waals surface area contributed by atoms with E-state index in [1.807, 2.05) is 0 Å². The van der Waals surface area contributed by atoms with Gasteiger partial charge in [-0.1, -0.05) is 69.5 Å². The van der Waals surface area contributed by atoms with Gasteiger partial charge in [0.05, 0.1) is 17.5 Å². The summed E-state index contributed by atoms with van der Waals surface area (Å²) in [5.41, 5.74) is 0. The number of carbonyl (C=O) groups is 1.